The molecular weight excluding hydrogens is 312 g/mol. The van der Waals surface area contributed by atoms with E-state index in [2.05, 4.69) is 28.1 Å². The van der Waals surface area contributed by atoms with Crippen LogP contribution in [0.25, 0.3) is 11.0 Å². The Hall–Kier alpha value is -2.66. The second-order valence-corrected chi connectivity index (χ2v) is 6.50. The van der Waals surface area contributed by atoms with Crippen molar-refractivity contribution in [2.75, 3.05) is 25.9 Å². The Balaban J connectivity index is 1.45. The third-order valence-corrected chi connectivity index (χ3v) is 4.80. The lowest BCUT2D eigenvalue weighted by molar-refractivity contribution is 0.255. The second-order valence-electron chi connectivity index (χ2n) is 6.50. The number of benzene rings is 1. The topological polar surface area (TPSA) is 64.3 Å². The SMILES string of the molecule is COc1ccc(CCN2CCc3nc4nc(N)ccc4cc3C2)cc1. The molecule has 3 aromatic rings. The second kappa shape index (κ2) is 6.69. The molecular formula is C20H22N4O. The van der Waals surface area contributed by atoms with Crippen LogP contribution in [0.5, 0.6) is 5.75 Å². The van der Waals surface area contributed by atoms with Gasteiger partial charge in [-0.25, -0.2) is 9.97 Å². The molecule has 1 aliphatic heterocycles. The molecule has 0 radical (unpaired) electrons. The van der Waals surface area contributed by atoms with Crippen molar-refractivity contribution in [3.05, 3.63) is 59.3 Å². The van der Waals surface area contributed by atoms with Crippen molar-refractivity contribution in [1.29, 1.82) is 0 Å². The molecule has 1 aliphatic rings. The van der Waals surface area contributed by atoms with E-state index in [1.807, 2.05) is 24.3 Å². The van der Waals surface area contributed by atoms with E-state index in [4.69, 9.17) is 15.5 Å². The minimum atomic E-state index is 0.525. The fourth-order valence-electron chi connectivity index (χ4n) is 3.35. The Bertz CT molecular complexity index is 892. The van der Waals surface area contributed by atoms with Crippen molar-refractivity contribution in [1.82, 2.24) is 14.9 Å². The number of fused-ring (bicyclic) bond motifs is 2. The third-order valence-electron chi connectivity index (χ3n) is 4.80. The number of nitrogens with two attached hydrogens (primary N) is 1. The van der Waals surface area contributed by atoms with Crippen LogP contribution in [-0.2, 0) is 19.4 Å². The minimum absolute atomic E-state index is 0.525. The molecule has 2 aromatic heterocycles. The van der Waals surface area contributed by atoms with Gasteiger partial charge >= 0.3 is 0 Å². The molecule has 4 rings (SSSR count). The Labute approximate surface area is 147 Å². The van der Waals surface area contributed by atoms with Gasteiger partial charge in [-0.3, -0.25) is 4.90 Å². The average molecular weight is 334 g/mol. The Morgan fingerprint density at radius 3 is 2.76 bits per heavy atom. The summed E-state index contributed by atoms with van der Waals surface area (Å²) in [5.41, 5.74) is 10.3. The molecule has 1 aromatic carbocycles. The molecule has 3 heterocycles. The molecule has 0 saturated heterocycles. The van der Waals surface area contributed by atoms with Crippen LogP contribution in [0.4, 0.5) is 5.82 Å². The van der Waals surface area contributed by atoms with Crippen LogP contribution in [-0.4, -0.2) is 35.1 Å². The lowest BCUT2D eigenvalue weighted by Crippen LogP contribution is -2.32. The summed E-state index contributed by atoms with van der Waals surface area (Å²) in [6, 6.07) is 14.4. The molecule has 0 saturated carbocycles. The van der Waals surface area contributed by atoms with Gasteiger partial charge in [0.2, 0.25) is 0 Å². The summed E-state index contributed by atoms with van der Waals surface area (Å²) in [7, 11) is 1.70. The number of hydrogen-bond acceptors (Lipinski definition) is 5. The van der Waals surface area contributed by atoms with Gasteiger partial charge in [0.15, 0.2) is 5.65 Å². The van der Waals surface area contributed by atoms with E-state index in [1.54, 1.807) is 7.11 Å². The lowest BCUT2D eigenvalue weighted by Gasteiger charge is -2.28. The molecule has 0 bridgehead atoms. The van der Waals surface area contributed by atoms with Crippen LogP contribution < -0.4 is 10.5 Å². The maximum atomic E-state index is 5.77. The number of methoxy groups -OCH3 is 1. The molecule has 25 heavy (non-hydrogen) atoms. The van der Waals surface area contributed by atoms with Crippen molar-refractivity contribution in [2.24, 2.45) is 0 Å². The maximum absolute atomic E-state index is 5.77. The summed E-state index contributed by atoms with van der Waals surface area (Å²) in [4.78, 5) is 11.5. The van der Waals surface area contributed by atoms with E-state index in [0.29, 0.717) is 5.82 Å². The van der Waals surface area contributed by atoms with Gasteiger partial charge in [0.25, 0.3) is 0 Å². The highest BCUT2D eigenvalue weighted by atomic mass is 16.5. The van der Waals surface area contributed by atoms with E-state index >= 15 is 0 Å². The van der Waals surface area contributed by atoms with Crippen LogP contribution in [0.1, 0.15) is 16.8 Å². The van der Waals surface area contributed by atoms with E-state index < -0.39 is 0 Å². The summed E-state index contributed by atoms with van der Waals surface area (Å²) in [5.74, 6) is 1.43. The zero-order chi connectivity index (χ0) is 17.2. The number of aromatic nitrogens is 2. The highest BCUT2D eigenvalue weighted by Crippen LogP contribution is 2.22. The molecule has 5 nitrogen and oxygen atoms in total. The first kappa shape index (κ1) is 15.8. The van der Waals surface area contributed by atoms with E-state index in [1.165, 1.54) is 11.1 Å². The van der Waals surface area contributed by atoms with Gasteiger partial charge in [-0.1, -0.05) is 12.1 Å². The number of pyridine rings is 2. The zero-order valence-electron chi connectivity index (χ0n) is 14.4. The summed E-state index contributed by atoms with van der Waals surface area (Å²) < 4.78 is 5.21. The molecule has 0 spiro atoms. The van der Waals surface area contributed by atoms with E-state index in [0.717, 1.165) is 55.0 Å². The van der Waals surface area contributed by atoms with Gasteiger partial charge in [0.05, 0.1) is 7.11 Å². The first-order chi connectivity index (χ1) is 12.2. The third kappa shape index (κ3) is 3.42. The number of hydrogen-bond donors (Lipinski definition) is 1. The van der Waals surface area contributed by atoms with Crippen molar-refractivity contribution in [2.45, 2.75) is 19.4 Å². The quantitative estimate of drug-likeness (QED) is 0.795. The van der Waals surface area contributed by atoms with Crippen molar-refractivity contribution >= 4 is 16.9 Å². The number of rotatable bonds is 4. The van der Waals surface area contributed by atoms with Crippen LogP contribution in [0.15, 0.2) is 42.5 Å². The molecule has 5 heteroatoms. The number of nitrogens with zero attached hydrogens (tertiary/aromatic N) is 3. The highest BCUT2D eigenvalue weighted by Gasteiger charge is 2.18. The van der Waals surface area contributed by atoms with Gasteiger partial charge in [0, 0.05) is 37.1 Å². The molecule has 0 unspecified atom stereocenters. The van der Waals surface area contributed by atoms with Gasteiger partial charge in [0.1, 0.15) is 11.6 Å². The van der Waals surface area contributed by atoms with E-state index in [-0.39, 0.29) is 0 Å². The molecule has 0 atom stereocenters. The first-order valence-corrected chi connectivity index (χ1v) is 8.61. The molecule has 0 fully saturated rings. The molecule has 2 N–H and O–H groups in total. The highest BCUT2D eigenvalue weighted by molar-refractivity contribution is 5.77. The van der Waals surface area contributed by atoms with Crippen LogP contribution in [0.2, 0.25) is 0 Å². The summed E-state index contributed by atoms with van der Waals surface area (Å²) in [6.07, 6.45) is 2.00. The van der Waals surface area contributed by atoms with Crippen molar-refractivity contribution in [3.63, 3.8) is 0 Å². The monoisotopic (exact) mass is 334 g/mol. The Morgan fingerprint density at radius 1 is 1.12 bits per heavy atom. The standard InChI is InChI=1S/C20H22N4O/c1-25-17-5-2-14(3-6-17)8-10-24-11-9-18-16(13-24)12-15-4-7-19(21)23-20(15)22-18/h2-7,12H,8-11,13H2,1H3,(H2,21,22,23). The number of ether oxygens (including phenoxy) is 1. The van der Waals surface area contributed by atoms with Crippen molar-refractivity contribution < 1.29 is 4.74 Å². The van der Waals surface area contributed by atoms with Gasteiger partial charge < -0.3 is 10.5 Å². The first-order valence-electron chi connectivity index (χ1n) is 8.61. The van der Waals surface area contributed by atoms with Gasteiger partial charge in [-0.15, -0.1) is 0 Å². The Kier molecular flexibility index (Phi) is 4.24. The summed E-state index contributed by atoms with van der Waals surface area (Å²) in [5, 5.41) is 1.06. The summed E-state index contributed by atoms with van der Waals surface area (Å²) >= 11 is 0. The van der Waals surface area contributed by atoms with E-state index in [9.17, 15) is 0 Å². The number of anilines is 1. The summed E-state index contributed by atoms with van der Waals surface area (Å²) in [6.45, 7) is 3.02. The maximum Gasteiger partial charge on any atom is 0.161 e. The normalized spacial score (nSPS) is 14.4. The largest absolute Gasteiger partial charge is 0.497 e. The lowest BCUT2D eigenvalue weighted by atomic mass is 10.0. The van der Waals surface area contributed by atoms with Crippen molar-refractivity contribution in [3.8, 4) is 5.75 Å². The zero-order valence-corrected chi connectivity index (χ0v) is 14.4. The number of nitrogen functional groups attached to an aromatic ring is 1. The van der Waals surface area contributed by atoms with Gasteiger partial charge in [-0.05, 0) is 47.9 Å². The fourth-order valence-corrected chi connectivity index (χ4v) is 3.35. The van der Waals surface area contributed by atoms with Crippen LogP contribution in [0.3, 0.4) is 0 Å². The fraction of sp³-hybridized carbons (Fsp3) is 0.300. The Morgan fingerprint density at radius 2 is 1.96 bits per heavy atom. The average Bonchev–Trinajstić information content (AvgIpc) is 2.65. The predicted octanol–water partition coefficient (Wildman–Crippen LogP) is 2.82. The molecule has 0 amide bonds. The smallest absolute Gasteiger partial charge is 0.161 e. The van der Waals surface area contributed by atoms with Crippen LogP contribution in [0, 0.1) is 0 Å². The molecule has 128 valence electrons. The predicted molar refractivity (Wildman–Crippen MR) is 99.6 cm³/mol. The molecule has 0 aliphatic carbocycles. The van der Waals surface area contributed by atoms with Crippen LogP contribution >= 0.6 is 0 Å². The minimum Gasteiger partial charge on any atom is -0.497 e. The van der Waals surface area contributed by atoms with Gasteiger partial charge in [-0.2, -0.15) is 0 Å².